The first kappa shape index (κ1) is 20.2. The van der Waals surface area contributed by atoms with Crippen molar-refractivity contribution < 1.29 is 13.2 Å². The molecule has 6 nitrogen and oxygen atoms in total. The topological polar surface area (TPSA) is 58.4 Å². The number of nitrogens with zero attached hydrogens (tertiary/aromatic N) is 5. The SMILES string of the molecule is FC(F)(F)c1nnc2ccc(NC3CCN(Cc4cc(Cl)cc(Cl)c4)CC3)nn12. The van der Waals surface area contributed by atoms with Crippen molar-refractivity contribution in [2.24, 2.45) is 0 Å². The van der Waals surface area contributed by atoms with E-state index in [1.54, 1.807) is 12.1 Å². The van der Waals surface area contributed by atoms with E-state index >= 15 is 0 Å². The number of hydrogen-bond acceptors (Lipinski definition) is 5. The number of piperidine rings is 1. The lowest BCUT2D eigenvalue weighted by Crippen LogP contribution is -2.38. The van der Waals surface area contributed by atoms with Crippen molar-refractivity contribution in [2.45, 2.75) is 31.6 Å². The minimum absolute atomic E-state index is 0.0536. The Kier molecular flexibility index (Phi) is 5.54. The number of hydrogen-bond donors (Lipinski definition) is 1. The average molecular weight is 445 g/mol. The second kappa shape index (κ2) is 7.97. The second-order valence-electron chi connectivity index (χ2n) is 6.98. The van der Waals surface area contributed by atoms with Crippen molar-refractivity contribution in [3.05, 3.63) is 51.8 Å². The van der Waals surface area contributed by atoms with E-state index in [-0.39, 0.29) is 11.7 Å². The zero-order valence-electron chi connectivity index (χ0n) is 15.1. The van der Waals surface area contributed by atoms with E-state index in [9.17, 15) is 13.2 Å². The standard InChI is InChI=1S/C18H17Cl2F3N6/c19-12-7-11(8-13(20)9-12)10-28-5-3-14(4-6-28)24-15-1-2-16-25-26-17(18(21,22)23)29(16)27-15/h1-2,7-9,14H,3-6,10H2,(H,24,27). The van der Waals surface area contributed by atoms with Gasteiger partial charge >= 0.3 is 6.18 Å². The normalized spacial score (nSPS) is 16.4. The molecule has 1 fully saturated rings. The van der Waals surface area contributed by atoms with Crippen molar-refractivity contribution in [1.82, 2.24) is 24.7 Å². The molecule has 1 aliphatic rings. The maximum Gasteiger partial charge on any atom is 0.453 e. The molecule has 1 N–H and O–H groups in total. The van der Waals surface area contributed by atoms with Crippen molar-refractivity contribution >= 4 is 34.7 Å². The monoisotopic (exact) mass is 444 g/mol. The second-order valence-corrected chi connectivity index (χ2v) is 7.86. The van der Waals surface area contributed by atoms with Gasteiger partial charge in [0, 0.05) is 35.7 Å². The Balaban J connectivity index is 1.38. The van der Waals surface area contributed by atoms with Crippen LogP contribution < -0.4 is 5.32 Å². The molecule has 0 bridgehead atoms. The maximum absolute atomic E-state index is 13.0. The summed E-state index contributed by atoms with van der Waals surface area (Å²) >= 11 is 12.1. The predicted molar refractivity (Wildman–Crippen MR) is 104 cm³/mol. The highest BCUT2D eigenvalue weighted by atomic mass is 35.5. The molecule has 0 atom stereocenters. The summed E-state index contributed by atoms with van der Waals surface area (Å²) in [6.45, 7) is 2.42. The first-order chi connectivity index (χ1) is 13.8. The molecule has 0 spiro atoms. The van der Waals surface area contributed by atoms with Gasteiger partial charge in [-0.3, -0.25) is 4.90 Å². The van der Waals surface area contributed by atoms with E-state index in [2.05, 4.69) is 25.5 Å². The van der Waals surface area contributed by atoms with Gasteiger partial charge in [-0.25, -0.2) is 0 Å². The van der Waals surface area contributed by atoms with Crippen LogP contribution in [0.25, 0.3) is 5.65 Å². The van der Waals surface area contributed by atoms with Crippen molar-refractivity contribution in [1.29, 1.82) is 0 Å². The molecule has 3 aromatic rings. The fourth-order valence-electron chi connectivity index (χ4n) is 3.45. The van der Waals surface area contributed by atoms with Crippen LogP contribution in [0, 0.1) is 0 Å². The van der Waals surface area contributed by atoms with Gasteiger partial charge in [-0.2, -0.15) is 17.7 Å². The van der Waals surface area contributed by atoms with E-state index in [1.807, 2.05) is 12.1 Å². The summed E-state index contributed by atoms with van der Waals surface area (Å²) < 4.78 is 39.7. The molecular formula is C18H17Cl2F3N6. The fraction of sp³-hybridized carbons (Fsp3) is 0.389. The van der Waals surface area contributed by atoms with Crippen molar-refractivity contribution in [3.8, 4) is 0 Å². The number of alkyl halides is 3. The first-order valence-electron chi connectivity index (χ1n) is 9.01. The predicted octanol–water partition coefficient (Wildman–Crippen LogP) is 4.53. The Morgan fingerprint density at radius 1 is 1.03 bits per heavy atom. The maximum atomic E-state index is 13.0. The molecular weight excluding hydrogens is 428 g/mol. The molecule has 1 aliphatic heterocycles. The smallest absolute Gasteiger partial charge is 0.366 e. The van der Waals surface area contributed by atoms with E-state index in [0.717, 1.165) is 42.6 Å². The van der Waals surface area contributed by atoms with Gasteiger partial charge in [0.15, 0.2) is 5.65 Å². The number of nitrogens with one attached hydrogen (secondary N) is 1. The Labute approximate surface area is 174 Å². The van der Waals surface area contributed by atoms with Crippen LogP contribution in [0.15, 0.2) is 30.3 Å². The number of fused-ring (bicyclic) bond motifs is 1. The number of anilines is 1. The molecule has 0 unspecified atom stereocenters. The third-order valence-corrected chi connectivity index (χ3v) is 5.22. The molecule has 1 aromatic carbocycles. The molecule has 0 radical (unpaired) electrons. The summed E-state index contributed by atoms with van der Waals surface area (Å²) in [5.74, 6) is -0.769. The number of benzene rings is 1. The number of likely N-dealkylation sites (tertiary alicyclic amines) is 1. The Morgan fingerprint density at radius 3 is 2.38 bits per heavy atom. The lowest BCUT2D eigenvalue weighted by molar-refractivity contribution is -0.146. The van der Waals surface area contributed by atoms with Crippen molar-refractivity contribution in [2.75, 3.05) is 18.4 Å². The van der Waals surface area contributed by atoms with Crippen LogP contribution in [0.5, 0.6) is 0 Å². The van der Waals surface area contributed by atoms with Crippen LogP contribution in [0.4, 0.5) is 19.0 Å². The van der Waals surface area contributed by atoms with Gasteiger partial charge in [-0.05, 0) is 48.7 Å². The van der Waals surface area contributed by atoms with Crippen LogP contribution in [0.2, 0.25) is 10.0 Å². The zero-order chi connectivity index (χ0) is 20.6. The molecule has 2 aromatic heterocycles. The summed E-state index contributed by atoms with van der Waals surface area (Å²) in [4.78, 5) is 2.29. The van der Waals surface area contributed by atoms with E-state index in [0.29, 0.717) is 15.9 Å². The number of aromatic nitrogens is 4. The van der Waals surface area contributed by atoms with Crippen LogP contribution in [0.1, 0.15) is 24.2 Å². The lowest BCUT2D eigenvalue weighted by Gasteiger charge is -2.32. The zero-order valence-corrected chi connectivity index (χ0v) is 16.6. The van der Waals surface area contributed by atoms with E-state index in [4.69, 9.17) is 23.2 Å². The highest BCUT2D eigenvalue weighted by Crippen LogP contribution is 2.28. The van der Waals surface area contributed by atoms with Crippen LogP contribution in [0.3, 0.4) is 0 Å². The molecule has 3 heterocycles. The van der Waals surface area contributed by atoms with Gasteiger partial charge < -0.3 is 5.32 Å². The molecule has 154 valence electrons. The van der Waals surface area contributed by atoms with E-state index < -0.39 is 12.0 Å². The van der Waals surface area contributed by atoms with Gasteiger partial charge in [0.1, 0.15) is 5.82 Å². The van der Waals surface area contributed by atoms with Gasteiger partial charge in [0.2, 0.25) is 0 Å². The summed E-state index contributed by atoms with van der Waals surface area (Å²) in [6, 6.07) is 8.69. The first-order valence-corrected chi connectivity index (χ1v) is 9.77. The third-order valence-electron chi connectivity index (χ3n) is 4.78. The van der Waals surface area contributed by atoms with E-state index in [1.165, 1.54) is 6.07 Å². The highest BCUT2D eigenvalue weighted by Gasteiger charge is 2.37. The third kappa shape index (κ3) is 4.73. The highest BCUT2D eigenvalue weighted by molar-refractivity contribution is 6.34. The quantitative estimate of drug-likeness (QED) is 0.640. The minimum atomic E-state index is -4.61. The van der Waals surface area contributed by atoms with Crippen LogP contribution in [-0.2, 0) is 12.7 Å². The number of halogens is 5. The van der Waals surface area contributed by atoms with Gasteiger partial charge in [-0.1, -0.05) is 23.2 Å². The Hall–Kier alpha value is -2.10. The van der Waals surface area contributed by atoms with Gasteiger partial charge in [-0.15, -0.1) is 15.3 Å². The molecule has 0 saturated carbocycles. The summed E-state index contributed by atoms with van der Waals surface area (Å²) in [6.07, 6.45) is -2.94. The molecule has 0 amide bonds. The lowest BCUT2D eigenvalue weighted by atomic mass is 10.0. The molecule has 11 heteroatoms. The Bertz CT molecular complexity index is 994. The van der Waals surface area contributed by atoms with Gasteiger partial charge in [0.25, 0.3) is 5.82 Å². The van der Waals surface area contributed by atoms with Crippen LogP contribution in [-0.4, -0.2) is 43.8 Å². The average Bonchev–Trinajstić information content (AvgIpc) is 3.06. The number of rotatable bonds is 4. The molecule has 29 heavy (non-hydrogen) atoms. The van der Waals surface area contributed by atoms with Crippen LogP contribution >= 0.6 is 23.2 Å². The largest absolute Gasteiger partial charge is 0.453 e. The van der Waals surface area contributed by atoms with Crippen molar-refractivity contribution in [3.63, 3.8) is 0 Å². The van der Waals surface area contributed by atoms with Gasteiger partial charge in [0.05, 0.1) is 0 Å². The Morgan fingerprint density at radius 2 is 1.72 bits per heavy atom. The summed E-state index contributed by atoms with van der Waals surface area (Å²) in [5.41, 5.74) is 1.10. The molecule has 1 saturated heterocycles. The fourth-order valence-corrected chi connectivity index (χ4v) is 4.02. The molecule has 0 aliphatic carbocycles. The summed E-state index contributed by atoms with van der Waals surface area (Å²) in [5, 5.41) is 15.2. The summed E-state index contributed by atoms with van der Waals surface area (Å²) in [7, 11) is 0. The molecule has 4 rings (SSSR count). The minimum Gasteiger partial charge on any atom is -0.366 e.